The van der Waals surface area contributed by atoms with E-state index in [-0.39, 0.29) is 24.8 Å². The van der Waals surface area contributed by atoms with E-state index in [1.807, 2.05) is 26.0 Å². The highest BCUT2D eigenvalue weighted by molar-refractivity contribution is 5.85. The Kier molecular flexibility index (Phi) is 7.04. The molecule has 1 aromatic carbocycles. The van der Waals surface area contributed by atoms with E-state index in [4.69, 9.17) is 11.5 Å². The van der Waals surface area contributed by atoms with Crippen molar-refractivity contribution in [3.8, 4) is 0 Å². The zero-order valence-corrected chi connectivity index (χ0v) is 9.47. The van der Waals surface area contributed by atoms with Gasteiger partial charge < -0.3 is 11.5 Å². The standard InChI is InChI=1S/C9H14N2.2ClH/c1-6-3-8(11)4-7(2)9(6)5-10;;/h3-4H,5,10-11H2,1-2H3;2*1H. The number of benzene rings is 1. The number of rotatable bonds is 1. The topological polar surface area (TPSA) is 52.0 Å². The van der Waals surface area contributed by atoms with Gasteiger partial charge in [-0.3, -0.25) is 0 Å². The summed E-state index contributed by atoms with van der Waals surface area (Å²) in [6.45, 7) is 4.66. The Morgan fingerprint density at radius 2 is 1.46 bits per heavy atom. The molecular weight excluding hydrogens is 207 g/mol. The van der Waals surface area contributed by atoms with Crippen molar-refractivity contribution in [3.05, 3.63) is 28.8 Å². The van der Waals surface area contributed by atoms with Crippen molar-refractivity contribution in [3.63, 3.8) is 0 Å². The average Bonchev–Trinajstić information content (AvgIpc) is 1.85. The summed E-state index contributed by atoms with van der Waals surface area (Å²) in [6, 6.07) is 3.91. The molecule has 1 aromatic rings. The van der Waals surface area contributed by atoms with E-state index in [2.05, 4.69) is 0 Å². The Morgan fingerprint density at radius 1 is 1.08 bits per heavy atom. The van der Waals surface area contributed by atoms with Crippen LogP contribution in [0.1, 0.15) is 16.7 Å². The molecule has 0 fully saturated rings. The van der Waals surface area contributed by atoms with E-state index >= 15 is 0 Å². The van der Waals surface area contributed by atoms with Gasteiger partial charge in [0, 0.05) is 12.2 Å². The monoisotopic (exact) mass is 222 g/mol. The van der Waals surface area contributed by atoms with E-state index in [1.54, 1.807) is 0 Å². The van der Waals surface area contributed by atoms with Gasteiger partial charge in [0.25, 0.3) is 0 Å². The number of halogens is 2. The van der Waals surface area contributed by atoms with E-state index in [1.165, 1.54) is 16.7 Å². The molecule has 4 N–H and O–H groups in total. The molecule has 0 saturated heterocycles. The Balaban J connectivity index is 0. The molecule has 0 unspecified atom stereocenters. The first kappa shape index (κ1) is 15.1. The number of hydrogen-bond acceptors (Lipinski definition) is 2. The van der Waals surface area contributed by atoms with Gasteiger partial charge in [-0.1, -0.05) is 0 Å². The fraction of sp³-hybridized carbons (Fsp3) is 0.333. The highest BCUT2D eigenvalue weighted by Gasteiger charge is 2.00. The van der Waals surface area contributed by atoms with Crippen molar-refractivity contribution in [2.75, 3.05) is 5.73 Å². The predicted molar refractivity (Wildman–Crippen MR) is 62.7 cm³/mol. The van der Waals surface area contributed by atoms with Crippen LogP contribution in [0.2, 0.25) is 0 Å². The molecule has 0 spiro atoms. The third-order valence-electron chi connectivity index (χ3n) is 1.92. The molecule has 13 heavy (non-hydrogen) atoms. The molecule has 0 aliphatic heterocycles. The molecule has 0 bridgehead atoms. The Bertz CT molecular complexity index is 251. The SMILES string of the molecule is Cc1cc(N)cc(C)c1CN.Cl.Cl. The minimum atomic E-state index is 0. The Labute approximate surface area is 91.5 Å². The third-order valence-corrected chi connectivity index (χ3v) is 1.92. The van der Waals surface area contributed by atoms with Crippen molar-refractivity contribution < 1.29 is 0 Å². The number of anilines is 1. The van der Waals surface area contributed by atoms with Crippen molar-refractivity contribution >= 4 is 30.5 Å². The first-order chi connectivity index (χ1) is 5.15. The maximum atomic E-state index is 5.64. The van der Waals surface area contributed by atoms with Gasteiger partial charge in [-0.15, -0.1) is 24.8 Å². The molecule has 0 radical (unpaired) electrons. The summed E-state index contributed by atoms with van der Waals surface area (Å²) >= 11 is 0. The molecule has 0 heterocycles. The fourth-order valence-electron chi connectivity index (χ4n) is 1.35. The molecule has 0 aliphatic rings. The molecule has 0 atom stereocenters. The van der Waals surface area contributed by atoms with Gasteiger partial charge in [-0.25, -0.2) is 0 Å². The summed E-state index contributed by atoms with van der Waals surface area (Å²) in [7, 11) is 0. The van der Waals surface area contributed by atoms with Crippen molar-refractivity contribution in [1.29, 1.82) is 0 Å². The maximum absolute atomic E-state index is 5.64. The quantitative estimate of drug-likeness (QED) is 0.717. The smallest absolute Gasteiger partial charge is 0.0319 e. The third kappa shape index (κ3) is 3.43. The molecule has 0 saturated carbocycles. The summed E-state index contributed by atoms with van der Waals surface area (Å²) in [6.07, 6.45) is 0. The normalized spacial score (nSPS) is 8.54. The van der Waals surface area contributed by atoms with Gasteiger partial charge in [-0.05, 0) is 42.7 Å². The number of nitrogens with two attached hydrogens (primary N) is 2. The second-order valence-corrected chi connectivity index (χ2v) is 2.84. The zero-order chi connectivity index (χ0) is 8.43. The van der Waals surface area contributed by atoms with E-state index in [9.17, 15) is 0 Å². The van der Waals surface area contributed by atoms with E-state index in [0.29, 0.717) is 6.54 Å². The first-order valence-corrected chi connectivity index (χ1v) is 3.71. The maximum Gasteiger partial charge on any atom is 0.0319 e. The van der Waals surface area contributed by atoms with Crippen molar-refractivity contribution in [2.45, 2.75) is 20.4 Å². The minimum absolute atomic E-state index is 0. The molecule has 0 amide bonds. The van der Waals surface area contributed by atoms with E-state index < -0.39 is 0 Å². The number of hydrogen-bond donors (Lipinski definition) is 2. The molecule has 76 valence electrons. The second-order valence-electron chi connectivity index (χ2n) is 2.84. The van der Waals surface area contributed by atoms with Crippen LogP contribution < -0.4 is 11.5 Å². The lowest BCUT2D eigenvalue weighted by Crippen LogP contribution is -2.02. The van der Waals surface area contributed by atoms with Crippen LogP contribution in [0.15, 0.2) is 12.1 Å². The van der Waals surface area contributed by atoms with Crippen LogP contribution in [0.5, 0.6) is 0 Å². The van der Waals surface area contributed by atoms with Crippen LogP contribution in [0, 0.1) is 13.8 Å². The van der Waals surface area contributed by atoms with Gasteiger partial charge in [-0.2, -0.15) is 0 Å². The van der Waals surface area contributed by atoms with Gasteiger partial charge in [0.2, 0.25) is 0 Å². The summed E-state index contributed by atoms with van der Waals surface area (Å²) in [5, 5.41) is 0. The molecule has 4 heteroatoms. The van der Waals surface area contributed by atoms with Crippen LogP contribution in [0.4, 0.5) is 5.69 Å². The lowest BCUT2D eigenvalue weighted by molar-refractivity contribution is 1.03. The first-order valence-electron chi connectivity index (χ1n) is 3.71. The average molecular weight is 223 g/mol. The Morgan fingerprint density at radius 3 is 1.77 bits per heavy atom. The molecular formula is C9H16Cl2N2. The van der Waals surface area contributed by atoms with Crippen LogP contribution in [-0.4, -0.2) is 0 Å². The van der Waals surface area contributed by atoms with Gasteiger partial charge >= 0.3 is 0 Å². The predicted octanol–water partition coefficient (Wildman–Crippen LogP) is 2.19. The van der Waals surface area contributed by atoms with Crippen LogP contribution >= 0.6 is 24.8 Å². The van der Waals surface area contributed by atoms with Crippen LogP contribution in [-0.2, 0) is 6.54 Å². The van der Waals surface area contributed by atoms with E-state index in [0.717, 1.165) is 5.69 Å². The molecule has 0 aliphatic carbocycles. The fourth-order valence-corrected chi connectivity index (χ4v) is 1.35. The van der Waals surface area contributed by atoms with Crippen molar-refractivity contribution in [2.24, 2.45) is 5.73 Å². The second kappa shape index (κ2) is 6.08. The highest BCUT2D eigenvalue weighted by atomic mass is 35.5. The van der Waals surface area contributed by atoms with Crippen molar-refractivity contribution in [1.82, 2.24) is 0 Å². The summed E-state index contributed by atoms with van der Waals surface area (Å²) in [5.74, 6) is 0. The molecule has 0 aromatic heterocycles. The minimum Gasteiger partial charge on any atom is -0.399 e. The number of nitrogen functional groups attached to an aromatic ring is 1. The molecule has 1 rings (SSSR count). The Hall–Kier alpha value is -0.440. The zero-order valence-electron chi connectivity index (χ0n) is 7.83. The summed E-state index contributed by atoms with van der Waals surface area (Å²) in [5.41, 5.74) is 15.6. The highest BCUT2D eigenvalue weighted by Crippen LogP contribution is 2.16. The summed E-state index contributed by atoms with van der Waals surface area (Å²) < 4.78 is 0. The number of aryl methyl sites for hydroxylation is 2. The largest absolute Gasteiger partial charge is 0.399 e. The van der Waals surface area contributed by atoms with Crippen LogP contribution in [0.25, 0.3) is 0 Å². The summed E-state index contributed by atoms with van der Waals surface area (Å²) in [4.78, 5) is 0. The molecule has 2 nitrogen and oxygen atoms in total. The lowest BCUT2D eigenvalue weighted by atomic mass is 10.0. The van der Waals surface area contributed by atoms with Gasteiger partial charge in [0.15, 0.2) is 0 Å². The van der Waals surface area contributed by atoms with Gasteiger partial charge in [0.1, 0.15) is 0 Å². The lowest BCUT2D eigenvalue weighted by Gasteiger charge is -2.07. The van der Waals surface area contributed by atoms with Gasteiger partial charge in [0.05, 0.1) is 0 Å². The van der Waals surface area contributed by atoms with Crippen LogP contribution in [0.3, 0.4) is 0 Å².